The predicted octanol–water partition coefficient (Wildman–Crippen LogP) is 3.62. The highest BCUT2D eigenvalue weighted by atomic mass is 16.6. The third-order valence-corrected chi connectivity index (χ3v) is 5.58. The molecule has 0 aromatic heterocycles. The maximum absolute atomic E-state index is 13.3. The van der Waals surface area contributed by atoms with E-state index in [4.69, 9.17) is 0 Å². The standard InChI is InChI=1S/C24H27N5O5/c1-25(2)20-8-6-16(22(12-20)28(31)32)10-18-14-27(5)15-19(24(18)30)11-17-7-9-21(26(3)4)13-23(17)29(33)34/h6-13H,14-15H2,1-5H3/b18-10+,19-11+. The van der Waals surface area contributed by atoms with Crippen molar-refractivity contribution in [1.29, 1.82) is 0 Å². The third kappa shape index (κ3) is 5.29. The van der Waals surface area contributed by atoms with Gasteiger partial charge >= 0.3 is 0 Å². The number of ketones is 1. The molecule has 0 bridgehead atoms. The molecule has 0 spiro atoms. The summed E-state index contributed by atoms with van der Waals surface area (Å²) in [6, 6.07) is 9.68. The molecule has 34 heavy (non-hydrogen) atoms. The first-order valence-electron chi connectivity index (χ1n) is 10.5. The minimum atomic E-state index is -0.469. The van der Waals surface area contributed by atoms with Crippen LogP contribution in [0, 0.1) is 20.2 Å². The van der Waals surface area contributed by atoms with E-state index in [1.165, 1.54) is 24.3 Å². The van der Waals surface area contributed by atoms with E-state index in [9.17, 15) is 25.0 Å². The summed E-state index contributed by atoms with van der Waals surface area (Å²) in [5.41, 5.74) is 2.58. The van der Waals surface area contributed by atoms with Crippen molar-refractivity contribution >= 4 is 40.7 Å². The van der Waals surface area contributed by atoms with Crippen molar-refractivity contribution in [2.75, 3.05) is 58.1 Å². The number of benzene rings is 2. The minimum Gasteiger partial charge on any atom is -0.377 e. The molecule has 178 valence electrons. The van der Waals surface area contributed by atoms with Gasteiger partial charge in [-0.3, -0.25) is 29.9 Å². The molecule has 2 aromatic rings. The Bertz CT molecular complexity index is 1120. The van der Waals surface area contributed by atoms with Gasteiger partial charge in [0.15, 0.2) is 5.78 Å². The van der Waals surface area contributed by atoms with Gasteiger partial charge in [-0.25, -0.2) is 0 Å². The zero-order valence-electron chi connectivity index (χ0n) is 19.8. The maximum atomic E-state index is 13.3. The number of piperidine rings is 1. The number of rotatable bonds is 6. The van der Waals surface area contributed by atoms with Gasteiger partial charge in [-0.15, -0.1) is 0 Å². The van der Waals surface area contributed by atoms with Gasteiger partial charge < -0.3 is 9.80 Å². The van der Waals surface area contributed by atoms with Crippen LogP contribution in [0.2, 0.25) is 0 Å². The van der Waals surface area contributed by atoms with Gasteiger partial charge in [0.25, 0.3) is 11.4 Å². The van der Waals surface area contributed by atoms with Crippen LogP contribution in [-0.2, 0) is 4.79 Å². The lowest BCUT2D eigenvalue weighted by Gasteiger charge is -2.26. The van der Waals surface area contributed by atoms with Gasteiger partial charge in [0.2, 0.25) is 0 Å². The Kier molecular flexibility index (Phi) is 7.11. The molecule has 1 saturated heterocycles. The molecule has 0 unspecified atom stereocenters. The zero-order chi connectivity index (χ0) is 25.2. The number of nitrogens with zero attached hydrogens (tertiary/aromatic N) is 5. The van der Waals surface area contributed by atoms with E-state index in [1.54, 1.807) is 62.3 Å². The van der Waals surface area contributed by atoms with Crippen molar-refractivity contribution in [3.05, 3.63) is 78.9 Å². The number of anilines is 2. The Morgan fingerprint density at radius 3 is 1.50 bits per heavy atom. The molecule has 2 aromatic carbocycles. The zero-order valence-corrected chi connectivity index (χ0v) is 19.8. The lowest BCUT2D eigenvalue weighted by Crippen LogP contribution is -2.34. The number of hydrogen-bond acceptors (Lipinski definition) is 8. The monoisotopic (exact) mass is 465 g/mol. The summed E-state index contributed by atoms with van der Waals surface area (Å²) in [7, 11) is 8.98. The molecule has 3 rings (SSSR count). The van der Waals surface area contributed by atoms with Crippen LogP contribution in [0.15, 0.2) is 47.5 Å². The third-order valence-electron chi connectivity index (χ3n) is 5.58. The van der Waals surface area contributed by atoms with E-state index in [0.717, 1.165) is 0 Å². The fourth-order valence-corrected chi connectivity index (χ4v) is 3.77. The van der Waals surface area contributed by atoms with Crippen LogP contribution in [0.3, 0.4) is 0 Å². The Hall–Kier alpha value is -4.05. The fraction of sp³-hybridized carbons (Fsp3) is 0.292. The fourth-order valence-electron chi connectivity index (χ4n) is 3.77. The number of carbonyl (C=O) groups excluding carboxylic acids is 1. The summed E-state index contributed by atoms with van der Waals surface area (Å²) in [5.74, 6) is -0.282. The lowest BCUT2D eigenvalue weighted by atomic mass is 9.94. The van der Waals surface area contributed by atoms with E-state index in [2.05, 4.69) is 0 Å². The van der Waals surface area contributed by atoms with E-state index in [1.807, 2.05) is 11.9 Å². The van der Waals surface area contributed by atoms with Crippen molar-refractivity contribution in [3.8, 4) is 0 Å². The molecule has 1 aliphatic rings. The normalized spacial score (nSPS) is 16.7. The summed E-state index contributed by atoms with van der Waals surface area (Å²) >= 11 is 0. The Morgan fingerprint density at radius 2 is 1.18 bits per heavy atom. The SMILES string of the molecule is CN1C/C(=C\c2ccc(N(C)C)cc2[N+](=O)[O-])C(=O)/C(=C/c2ccc(N(C)C)cc2[N+](=O)[O-])C1. The Labute approximate surface area is 197 Å². The van der Waals surface area contributed by atoms with E-state index in [0.29, 0.717) is 46.7 Å². The first kappa shape index (κ1) is 24.6. The van der Waals surface area contributed by atoms with Crippen molar-refractivity contribution in [1.82, 2.24) is 4.90 Å². The highest BCUT2D eigenvalue weighted by molar-refractivity contribution is 6.15. The Balaban J connectivity index is 2.05. The van der Waals surface area contributed by atoms with Gasteiger partial charge in [0.1, 0.15) is 0 Å². The van der Waals surface area contributed by atoms with Crippen molar-refractivity contribution < 1.29 is 14.6 Å². The first-order chi connectivity index (χ1) is 16.0. The van der Waals surface area contributed by atoms with Crippen LogP contribution in [0.4, 0.5) is 22.7 Å². The summed E-state index contributed by atoms with van der Waals surface area (Å²) < 4.78 is 0. The van der Waals surface area contributed by atoms with E-state index in [-0.39, 0.29) is 17.2 Å². The topological polar surface area (TPSA) is 113 Å². The van der Waals surface area contributed by atoms with E-state index < -0.39 is 9.85 Å². The second-order valence-corrected chi connectivity index (χ2v) is 8.63. The number of carbonyl (C=O) groups is 1. The molecule has 1 aliphatic heterocycles. The average Bonchev–Trinajstić information content (AvgIpc) is 2.76. The van der Waals surface area contributed by atoms with E-state index >= 15 is 0 Å². The molecular weight excluding hydrogens is 438 g/mol. The van der Waals surface area contributed by atoms with Gasteiger partial charge in [-0.1, -0.05) is 0 Å². The molecule has 0 aliphatic carbocycles. The molecule has 0 atom stereocenters. The van der Waals surface area contributed by atoms with Crippen LogP contribution in [-0.4, -0.2) is 68.9 Å². The number of likely N-dealkylation sites (N-methyl/N-ethyl adjacent to an activating group) is 1. The highest BCUT2D eigenvalue weighted by Gasteiger charge is 2.26. The summed E-state index contributed by atoms with van der Waals surface area (Å²) in [6.45, 7) is 0.620. The number of likely N-dealkylation sites (tertiary alicyclic amines) is 1. The highest BCUT2D eigenvalue weighted by Crippen LogP contribution is 2.31. The molecule has 0 radical (unpaired) electrons. The average molecular weight is 466 g/mol. The molecule has 1 heterocycles. The van der Waals surface area contributed by atoms with Crippen molar-refractivity contribution in [2.45, 2.75) is 0 Å². The summed E-state index contributed by atoms with van der Waals surface area (Å²) in [5, 5.41) is 23.3. The second-order valence-electron chi connectivity index (χ2n) is 8.63. The van der Waals surface area contributed by atoms with Gasteiger partial charge in [0.05, 0.1) is 21.0 Å². The second kappa shape index (κ2) is 9.84. The largest absolute Gasteiger partial charge is 0.377 e. The van der Waals surface area contributed by atoms with Crippen LogP contribution in [0.5, 0.6) is 0 Å². The number of nitro benzene ring substituents is 2. The number of Topliss-reactive ketones (excluding diaryl/α,β-unsaturated/α-hetero) is 1. The van der Waals surface area contributed by atoms with Crippen LogP contribution in [0.25, 0.3) is 12.2 Å². The van der Waals surface area contributed by atoms with Gasteiger partial charge in [-0.2, -0.15) is 0 Å². The quantitative estimate of drug-likeness (QED) is 0.361. The Morgan fingerprint density at radius 1 is 0.794 bits per heavy atom. The summed E-state index contributed by atoms with van der Waals surface area (Å²) in [6.07, 6.45) is 3.07. The predicted molar refractivity (Wildman–Crippen MR) is 133 cm³/mol. The molecule has 1 fully saturated rings. The minimum absolute atomic E-state index is 0.0971. The smallest absolute Gasteiger partial charge is 0.278 e. The van der Waals surface area contributed by atoms with Gasteiger partial charge in [0, 0.05) is 75.9 Å². The number of hydrogen-bond donors (Lipinski definition) is 0. The van der Waals surface area contributed by atoms with Crippen LogP contribution < -0.4 is 9.80 Å². The van der Waals surface area contributed by atoms with Crippen LogP contribution in [0.1, 0.15) is 11.1 Å². The molecule has 0 saturated carbocycles. The lowest BCUT2D eigenvalue weighted by molar-refractivity contribution is -0.385. The summed E-state index contributed by atoms with van der Waals surface area (Å²) in [4.78, 5) is 41.0. The molecule has 10 nitrogen and oxygen atoms in total. The maximum Gasteiger partial charge on any atom is 0.278 e. The van der Waals surface area contributed by atoms with Crippen LogP contribution >= 0.6 is 0 Å². The molecule has 0 amide bonds. The first-order valence-corrected chi connectivity index (χ1v) is 10.5. The molecular formula is C24H27N5O5. The van der Waals surface area contributed by atoms with Gasteiger partial charge in [-0.05, 0) is 43.5 Å². The molecule has 10 heteroatoms. The van der Waals surface area contributed by atoms with Crippen molar-refractivity contribution in [2.24, 2.45) is 0 Å². The van der Waals surface area contributed by atoms with Crippen molar-refractivity contribution in [3.63, 3.8) is 0 Å². The number of nitro groups is 2. The molecule has 0 N–H and O–H groups in total.